The minimum Gasteiger partial charge on any atom is -0.377 e. The molecule has 2 fully saturated rings. The second kappa shape index (κ2) is 13.0. The summed E-state index contributed by atoms with van der Waals surface area (Å²) >= 11 is 0. The molecule has 0 amide bonds. The molecule has 37 heavy (non-hydrogen) atoms. The normalized spacial score (nSPS) is 22.9. The summed E-state index contributed by atoms with van der Waals surface area (Å²) in [6.07, 6.45) is 5.15. The van der Waals surface area contributed by atoms with Crippen molar-refractivity contribution in [2.75, 3.05) is 83.5 Å². The van der Waals surface area contributed by atoms with Gasteiger partial charge in [-0.3, -0.25) is 9.97 Å². The van der Waals surface area contributed by atoms with Gasteiger partial charge in [-0.05, 0) is 57.7 Å². The van der Waals surface area contributed by atoms with Crippen LogP contribution in [0.4, 0.5) is 11.4 Å². The first-order chi connectivity index (χ1) is 17.8. The second-order valence-electron chi connectivity index (χ2n) is 11.1. The maximum Gasteiger partial charge on any atom is 0.0877 e. The zero-order chi connectivity index (χ0) is 26.4. The van der Waals surface area contributed by atoms with Crippen LogP contribution in [0.3, 0.4) is 0 Å². The predicted octanol–water partition coefficient (Wildman–Crippen LogP) is 3.14. The molecule has 0 spiro atoms. The van der Waals surface area contributed by atoms with E-state index in [9.17, 15) is 0 Å². The lowest BCUT2D eigenvalue weighted by atomic mass is 10.1. The lowest BCUT2D eigenvalue weighted by molar-refractivity contribution is -0.00504. The molecule has 2 aromatic heterocycles. The number of hydrogen-bond acceptors (Lipinski definition) is 8. The molecule has 8 heteroatoms. The van der Waals surface area contributed by atoms with Crippen molar-refractivity contribution in [1.29, 1.82) is 0 Å². The van der Waals surface area contributed by atoms with Crippen LogP contribution >= 0.6 is 0 Å². The summed E-state index contributed by atoms with van der Waals surface area (Å²) in [5.41, 5.74) is 4.63. The quantitative estimate of drug-likeness (QED) is 0.483. The molecule has 2 aliphatic heterocycles. The summed E-state index contributed by atoms with van der Waals surface area (Å²) in [6.45, 7) is 13.2. The van der Waals surface area contributed by atoms with Crippen LogP contribution in [0.5, 0.6) is 0 Å². The molecule has 2 aliphatic rings. The van der Waals surface area contributed by atoms with Crippen LogP contribution < -0.4 is 9.80 Å². The van der Waals surface area contributed by atoms with Gasteiger partial charge in [-0.15, -0.1) is 0 Å². The van der Waals surface area contributed by atoms with E-state index in [-0.39, 0.29) is 6.10 Å². The Kier molecular flexibility index (Phi) is 9.76. The molecule has 0 aliphatic carbocycles. The second-order valence-corrected chi connectivity index (χ2v) is 11.1. The number of ether oxygens (including phenoxy) is 2. The average Bonchev–Trinajstić information content (AvgIpc) is 2.89. The maximum atomic E-state index is 6.42. The van der Waals surface area contributed by atoms with E-state index in [0.29, 0.717) is 18.0 Å². The molecule has 2 saturated heterocycles. The van der Waals surface area contributed by atoms with Gasteiger partial charge in [0.2, 0.25) is 0 Å². The van der Waals surface area contributed by atoms with Crippen molar-refractivity contribution in [1.82, 2.24) is 19.8 Å². The Balaban J connectivity index is 1.40. The Morgan fingerprint density at radius 3 is 2.30 bits per heavy atom. The fourth-order valence-electron chi connectivity index (χ4n) is 5.39. The number of hydrogen-bond donors (Lipinski definition) is 0. The van der Waals surface area contributed by atoms with Crippen molar-refractivity contribution in [2.45, 2.75) is 51.3 Å². The van der Waals surface area contributed by atoms with Gasteiger partial charge in [-0.2, -0.15) is 0 Å². The van der Waals surface area contributed by atoms with E-state index in [1.165, 1.54) is 11.4 Å². The Morgan fingerprint density at radius 1 is 0.919 bits per heavy atom. The number of pyridine rings is 2. The molecule has 0 radical (unpaired) electrons. The van der Waals surface area contributed by atoms with Crippen molar-refractivity contribution in [2.24, 2.45) is 0 Å². The number of anilines is 2. The van der Waals surface area contributed by atoms with Gasteiger partial charge < -0.3 is 29.1 Å². The van der Waals surface area contributed by atoms with Crippen molar-refractivity contribution in [3.05, 3.63) is 48.0 Å². The summed E-state index contributed by atoms with van der Waals surface area (Å²) in [4.78, 5) is 19.0. The van der Waals surface area contributed by atoms with Crippen LogP contribution in [0.15, 0.2) is 36.7 Å². The Bertz CT molecular complexity index is 952. The van der Waals surface area contributed by atoms with Crippen molar-refractivity contribution >= 4 is 11.4 Å². The van der Waals surface area contributed by atoms with E-state index >= 15 is 0 Å². The summed E-state index contributed by atoms with van der Waals surface area (Å²) in [7, 11) is 6.45. The molecule has 3 atom stereocenters. The predicted molar refractivity (Wildman–Crippen MR) is 151 cm³/mol. The van der Waals surface area contributed by atoms with Crippen molar-refractivity contribution in [3.8, 4) is 0 Å². The van der Waals surface area contributed by atoms with E-state index in [1.807, 2.05) is 12.4 Å². The topological polar surface area (TPSA) is 57.2 Å². The van der Waals surface area contributed by atoms with Crippen LogP contribution in [0.2, 0.25) is 0 Å². The lowest BCUT2D eigenvalue weighted by Crippen LogP contribution is -2.57. The maximum absolute atomic E-state index is 6.42. The third-order valence-corrected chi connectivity index (χ3v) is 7.40. The van der Waals surface area contributed by atoms with Crippen molar-refractivity contribution in [3.63, 3.8) is 0 Å². The average molecular weight is 511 g/mol. The molecule has 0 bridgehead atoms. The molecule has 0 N–H and O–H groups in total. The lowest BCUT2D eigenvalue weighted by Gasteiger charge is -2.44. The largest absolute Gasteiger partial charge is 0.377 e. The first-order valence-corrected chi connectivity index (χ1v) is 13.8. The van der Waals surface area contributed by atoms with E-state index in [1.54, 1.807) is 0 Å². The number of likely N-dealkylation sites (N-methyl/N-ethyl adjacent to an activating group) is 2. The first-order valence-electron chi connectivity index (χ1n) is 13.8. The molecule has 4 rings (SSSR count). The number of morpholine rings is 2. The molecule has 4 heterocycles. The van der Waals surface area contributed by atoms with Gasteiger partial charge in [-0.25, -0.2) is 0 Å². The highest BCUT2D eigenvalue weighted by Crippen LogP contribution is 2.25. The van der Waals surface area contributed by atoms with Crippen LogP contribution in [-0.4, -0.2) is 112 Å². The van der Waals surface area contributed by atoms with Gasteiger partial charge in [0.25, 0.3) is 0 Å². The van der Waals surface area contributed by atoms with E-state index in [4.69, 9.17) is 14.5 Å². The smallest absolute Gasteiger partial charge is 0.0877 e. The molecular weight excluding hydrogens is 464 g/mol. The summed E-state index contributed by atoms with van der Waals surface area (Å²) in [5, 5.41) is 0. The monoisotopic (exact) mass is 510 g/mol. The highest BCUT2D eigenvalue weighted by atomic mass is 16.5. The molecule has 204 valence electrons. The van der Waals surface area contributed by atoms with Crippen LogP contribution in [0, 0.1) is 0 Å². The van der Waals surface area contributed by atoms with Crippen LogP contribution in [-0.2, 0) is 15.9 Å². The molecule has 0 aromatic carbocycles. The first kappa shape index (κ1) is 27.8. The number of nitrogens with zero attached hydrogens (tertiary/aromatic N) is 6. The Labute approximate surface area is 223 Å². The fourth-order valence-corrected chi connectivity index (χ4v) is 5.39. The molecule has 8 nitrogen and oxygen atoms in total. The minimum atomic E-state index is 0.136. The van der Waals surface area contributed by atoms with Crippen LogP contribution in [0.1, 0.15) is 38.1 Å². The third-order valence-electron chi connectivity index (χ3n) is 7.40. The SMILES string of the molecule is CCc1ccc(N2CCOC[C@@H]2CN(C)CC2CN(c3ccc(C(C)C)nc3)[C@H](CN(C)C)CO2)cn1. The Morgan fingerprint density at radius 2 is 1.65 bits per heavy atom. The van der Waals surface area contributed by atoms with E-state index in [2.05, 4.69) is 90.8 Å². The van der Waals surface area contributed by atoms with E-state index in [0.717, 1.165) is 70.4 Å². The zero-order valence-electron chi connectivity index (χ0n) is 23.6. The molecule has 1 unspecified atom stereocenters. The highest BCUT2D eigenvalue weighted by Gasteiger charge is 2.32. The highest BCUT2D eigenvalue weighted by molar-refractivity contribution is 5.47. The molecule has 2 aromatic rings. The van der Waals surface area contributed by atoms with Gasteiger partial charge >= 0.3 is 0 Å². The Hall–Kier alpha value is -2.26. The standard InChI is InChI=1S/C29H46N6O2/c1-7-23-8-9-24(14-30-23)34-12-13-36-20-27(34)17-33(6)18-28-19-35(26(21-37-28)16-32(4)5)25-10-11-29(22(2)3)31-15-25/h8-11,14-15,22,26-28H,7,12-13,16-21H2,1-6H3/t26-,27+,28?/m1/s1. The van der Waals surface area contributed by atoms with Gasteiger partial charge in [-0.1, -0.05) is 20.8 Å². The zero-order valence-corrected chi connectivity index (χ0v) is 23.6. The summed E-state index contributed by atoms with van der Waals surface area (Å²) < 4.78 is 12.3. The van der Waals surface area contributed by atoms with Gasteiger partial charge in [0, 0.05) is 44.1 Å². The third kappa shape index (κ3) is 7.41. The summed E-state index contributed by atoms with van der Waals surface area (Å²) in [6, 6.07) is 9.35. The van der Waals surface area contributed by atoms with Crippen LogP contribution in [0.25, 0.3) is 0 Å². The number of aromatic nitrogens is 2. The molecule has 0 saturated carbocycles. The van der Waals surface area contributed by atoms with Gasteiger partial charge in [0.15, 0.2) is 0 Å². The number of aryl methyl sites for hydroxylation is 1. The van der Waals surface area contributed by atoms with E-state index < -0.39 is 0 Å². The van der Waals surface area contributed by atoms with Gasteiger partial charge in [0.05, 0.1) is 61.8 Å². The minimum absolute atomic E-state index is 0.136. The number of rotatable bonds is 10. The fraction of sp³-hybridized carbons (Fsp3) is 0.655. The van der Waals surface area contributed by atoms with Crippen molar-refractivity contribution < 1.29 is 9.47 Å². The summed E-state index contributed by atoms with van der Waals surface area (Å²) in [5.74, 6) is 0.432. The van der Waals surface area contributed by atoms with Gasteiger partial charge in [0.1, 0.15) is 0 Å². The molecular formula is C29H46N6O2.